The quantitative estimate of drug-likeness (QED) is 0.474. The molecule has 35 heavy (non-hydrogen) atoms. The molecule has 1 aromatic carbocycles. The summed E-state index contributed by atoms with van der Waals surface area (Å²) in [5.74, 6) is -0.234. The van der Waals surface area contributed by atoms with E-state index >= 15 is 0 Å². The summed E-state index contributed by atoms with van der Waals surface area (Å²) in [6.45, 7) is 8.95. The Morgan fingerprint density at radius 2 is 2.09 bits per heavy atom. The van der Waals surface area contributed by atoms with Crippen molar-refractivity contribution in [3.63, 3.8) is 0 Å². The number of hydrazone groups is 1. The van der Waals surface area contributed by atoms with Crippen molar-refractivity contribution in [2.75, 3.05) is 47.8 Å². The Bertz CT molecular complexity index is 1100. The van der Waals surface area contributed by atoms with E-state index in [0.29, 0.717) is 6.04 Å². The van der Waals surface area contributed by atoms with Crippen molar-refractivity contribution in [1.82, 2.24) is 20.5 Å². The lowest BCUT2D eigenvalue weighted by molar-refractivity contribution is 0.263. The van der Waals surface area contributed by atoms with Crippen molar-refractivity contribution in [2.45, 2.75) is 25.8 Å². The Hall–Kier alpha value is -3.21. The fourth-order valence-electron chi connectivity index (χ4n) is 4.62. The summed E-state index contributed by atoms with van der Waals surface area (Å²) in [4.78, 5) is 2.25. The van der Waals surface area contributed by atoms with Crippen LogP contribution in [0.5, 0.6) is 0 Å². The lowest BCUT2D eigenvalue weighted by Crippen LogP contribution is -2.34. The number of halogens is 1. The zero-order valence-electron chi connectivity index (χ0n) is 21.5. The molecule has 3 rings (SSSR count). The second-order valence-electron chi connectivity index (χ2n) is 9.44. The highest BCUT2D eigenvalue weighted by Gasteiger charge is 2.26. The molecule has 1 aliphatic carbocycles. The number of rotatable bonds is 11. The van der Waals surface area contributed by atoms with Gasteiger partial charge in [0.25, 0.3) is 0 Å². The Morgan fingerprint density at radius 1 is 1.34 bits per heavy atom. The van der Waals surface area contributed by atoms with Gasteiger partial charge in [0, 0.05) is 43.4 Å². The average molecular weight is 477 g/mol. The molecule has 2 unspecified atom stereocenters. The molecular weight excluding hydrogens is 439 g/mol. The van der Waals surface area contributed by atoms with Gasteiger partial charge in [0.05, 0.1) is 11.3 Å². The average Bonchev–Trinajstić information content (AvgIpc) is 3.20. The molecule has 6 nitrogen and oxygen atoms in total. The monoisotopic (exact) mass is 476 g/mol. The van der Waals surface area contributed by atoms with Crippen LogP contribution in [-0.4, -0.2) is 69.5 Å². The lowest BCUT2D eigenvalue weighted by Gasteiger charge is -2.26. The van der Waals surface area contributed by atoms with E-state index in [1.165, 1.54) is 12.1 Å². The highest BCUT2D eigenvalue weighted by atomic mass is 19.1. The first-order valence-corrected chi connectivity index (χ1v) is 12.1. The number of benzene rings is 1. The molecule has 1 aromatic rings. The van der Waals surface area contributed by atoms with Gasteiger partial charge in [-0.1, -0.05) is 24.8 Å². The van der Waals surface area contributed by atoms with Crippen LogP contribution in [0.1, 0.15) is 30.9 Å². The van der Waals surface area contributed by atoms with Crippen LogP contribution in [0.3, 0.4) is 0 Å². The summed E-state index contributed by atoms with van der Waals surface area (Å²) in [5, 5.41) is 22.5. The number of hydrogen-bond acceptors (Lipinski definition) is 6. The summed E-state index contributed by atoms with van der Waals surface area (Å²) in [7, 11) is 8.17. The van der Waals surface area contributed by atoms with Gasteiger partial charge in [-0.3, -0.25) is 5.01 Å². The van der Waals surface area contributed by atoms with Crippen LogP contribution in [0.25, 0.3) is 5.57 Å². The summed E-state index contributed by atoms with van der Waals surface area (Å²) >= 11 is 0. The number of allylic oxidation sites excluding steroid dienone is 4. The third-order valence-corrected chi connectivity index (χ3v) is 6.70. The van der Waals surface area contributed by atoms with Gasteiger partial charge in [0.15, 0.2) is 0 Å². The molecule has 1 aliphatic heterocycles. The molecule has 0 saturated carbocycles. The van der Waals surface area contributed by atoms with Crippen molar-refractivity contribution < 1.29 is 4.39 Å². The van der Waals surface area contributed by atoms with Crippen molar-refractivity contribution in [3.05, 3.63) is 76.8 Å². The molecule has 0 spiro atoms. The van der Waals surface area contributed by atoms with Gasteiger partial charge in [-0.2, -0.15) is 10.4 Å². The molecular formula is C28H37FN6. The number of nitriles is 1. The van der Waals surface area contributed by atoms with E-state index in [-0.39, 0.29) is 11.5 Å². The van der Waals surface area contributed by atoms with Crippen LogP contribution in [0.15, 0.2) is 65.0 Å². The highest BCUT2D eigenvalue weighted by molar-refractivity contribution is 6.02. The number of fused-ring (bicyclic) bond motifs is 1. The van der Waals surface area contributed by atoms with E-state index in [4.69, 9.17) is 5.26 Å². The van der Waals surface area contributed by atoms with E-state index in [9.17, 15) is 4.39 Å². The summed E-state index contributed by atoms with van der Waals surface area (Å²) < 4.78 is 14.5. The molecule has 0 fully saturated rings. The van der Waals surface area contributed by atoms with Crippen LogP contribution in [-0.2, 0) is 0 Å². The maximum absolute atomic E-state index is 14.5. The van der Waals surface area contributed by atoms with Crippen molar-refractivity contribution in [3.8, 4) is 6.07 Å². The molecule has 0 radical (unpaired) electrons. The van der Waals surface area contributed by atoms with E-state index in [1.807, 2.05) is 32.1 Å². The minimum absolute atomic E-state index is 0.0410. The molecule has 0 aromatic heterocycles. The van der Waals surface area contributed by atoms with E-state index in [1.54, 1.807) is 6.07 Å². The molecule has 2 aliphatic rings. The van der Waals surface area contributed by atoms with Gasteiger partial charge in [-0.15, -0.1) is 0 Å². The first kappa shape index (κ1) is 26.4. The summed E-state index contributed by atoms with van der Waals surface area (Å²) in [6.07, 6.45) is 8.43. The van der Waals surface area contributed by atoms with Crippen LogP contribution in [0, 0.1) is 23.1 Å². The fraction of sp³-hybridized carbons (Fsp3) is 0.429. The molecule has 0 bridgehead atoms. The SMILES string of the molecule is C=C(NCCC(CCNC)N(C)C)/C(C1=CC2=NN(C)CC2C=C1)=C(\C)c1ccc(C#N)c(F)c1. The smallest absolute Gasteiger partial charge is 0.141 e. The first-order valence-electron chi connectivity index (χ1n) is 12.1. The number of nitrogens with one attached hydrogen (secondary N) is 2. The molecule has 186 valence electrons. The zero-order chi connectivity index (χ0) is 25.5. The minimum atomic E-state index is -0.518. The van der Waals surface area contributed by atoms with Gasteiger partial charge >= 0.3 is 0 Å². The van der Waals surface area contributed by atoms with Crippen LogP contribution in [0.4, 0.5) is 4.39 Å². The Morgan fingerprint density at radius 3 is 2.74 bits per heavy atom. The van der Waals surface area contributed by atoms with Gasteiger partial charge < -0.3 is 15.5 Å². The molecule has 7 heteroatoms. The van der Waals surface area contributed by atoms with Gasteiger partial charge in [0.2, 0.25) is 0 Å². The Balaban J connectivity index is 1.91. The predicted octanol–water partition coefficient (Wildman–Crippen LogP) is 3.92. The van der Waals surface area contributed by atoms with Crippen molar-refractivity contribution >= 4 is 11.3 Å². The standard InChI is InChI=1S/C28H37FN6/c1-19(21-7-9-23(17-30)26(29)15-21)28(22-8-10-24-18-35(6)33-27(24)16-22)20(2)32-14-12-25(34(4)5)11-13-31-3/h7-10,15-16,24-25,31-32H,2,11-14,18H2,1,3-6H3/b28-19-. The normalized spacial score (nSPS) is 18.5. The highest BCUT2D eigenvalue weighted by Crippen LogP contribution is 2.33. The number of nitrogens with zero attached hydrogens (tertiary/aromatic N) is 4. The molecule has 0 amide bonds. The zero-order valence-corrected chi connectivity index (χ0v) is 21.5. The van der Waals surface area contributed by atoms with Gasteiger partial charge in [-0.05, 0) is 82.4 Å². The van der Waals surface area contributed by atoms with E-state index in [2.05, 4.69) is 59.5 Å². The third kappa shape index (κ3) is 6.47. The second-order valence-corrected chi connectivity index (χ2v) is 9.44. The molecule has 2 atom stereocenters. The molecule has 1 heterocycles. The van der Waals surface area contributed by atoms with E-state index < -0.39 is 5.82 Å². The lowest BCUT2D eigenvalue weighted by atomic mass is 9.87. The van der Waals surface area contributed by atoms with Crippen LogP contribution < -0.4 is 10.6 Å². The van der Waals surface area contributed by atoms with Gasteiger partial charge in [0.1, 0.15) is 11.9 Å². The first-order chi connectivity index (χ1) is 16.7. The predicted molar refractivity (Wildman–Crippen MR) is 142 cm³/mol. The third-order valence-electron chi connectivity index (χ3n) is 6.70. The molecule has 0 saturated heterocycles. The maximum Gasteiger partial charge on any atom is 0.141 e. The van der Waals surface area contributed by atoms with Crippen molar-refractivity contribution in [1.29, 1.82) is 5.26 Å². The number of hydrogen-bond donors (Lipinski definition) is 2. The van der Waals surface area contributed by atoms with E-state index in [0.717, 1.165) is 66.2 Å². The van der Waals surface area contributed by atoms with Crippen LogP contribution >= 0.6 is 0 Å². The minimum Gasteiger partial charge on any atom is -0.385 e. The largest absolute Gasteiger partial charge is 0.385 e. The van der Waals surface area contributed by atoms with Crippen LogP contribution in [0.2, 0.25) is 0 Å². The summed E-state index contributed by atoms with van der Waals surface area (Å²) in [6, 6.07) is 7.09. The Labute approximate surface area is 209 Å². The van der Waals surface area contributed by atoms with Gasteiger partial charge in [-0.25, -0.2) is 4.39 Å². The fourth-order valence-corrected chi connectivity index (χ4v) is 4.62. The molecule has 2 N–H and O–H groups in total. The van der Waals surface area contributed by atoms with Crippen molar-refractivity contribution in [2.24, 2.45) is 11.0 Å². The maximum atomic E-state index is 14.5. The Kier molecular flexibility index (Phi) is 9.02. The second kappa shape index (κ2) is 12.0. The summed E-state index contributed by atoms with van der Waals surface area (Å²) in [5.41, 5.74) is 5.40. The topological polar surface area (TPSA) is 66.7 Å².